The van der Waals surface area contributed by atoms with E-state index in [1.165, 1.54) is 0 Å². The van der Waals surface area contributed by atoms with Crippen molar-refractivity contribution in [3.05, 3.63) is 0 Å². The van der Waals surface area contributed by atoms with Gasteiger partial charge in [0.25, 0.3) is 5.92 Å². The Morgan fingerprint density at radius 2 is 2.30 bits per heavy atom. The van der Waals surface area contributed by atoms with Crippen LogP contribution in [0.2, 0.25) is 0 Å². The Morgan fingerprint density at radius 1 is 1.60 bits per heavy atom. The Balaban J connectivity index is 2.40. The monoisotopic (exact) mass is 151 g/mol. The third-order valence-electron chi connectivity index (χ3n) is 1.66. The fourth-order valence-corrected chi connectivity index (χ4v) is 1.15. The number of aliphatic hydroxyl groups excluding tert-OH is 1. The summed E-state index contributed by atoms with van der Waals surface area (Å²) >= 11 is 0. The molecular formula is C6H11F2NO. The highest BCUT2D eigenvalue weighted by molar-refractivity contribution is 4.80. The summed E-state index contributed by atoms with van der Waals surface area (Å²) in [5.74, 6) is -2.89. The molecule has 0 radical (unpaired) electrons. The molecule has 1 aliphatic heterocycles. The van der Waals surface area contributed by atoms with Gasteiger partial charge >= 0.3 is 0 Å². The van der Waals surface area contributed by atoms with Crippen LogP contribution >= 0.6 is 0 Å². The van der Waals surface area contributed by atoms with Crippen LogP contribution in [0.25, 0.3) is 0 Å². The Morgan fingerprint density at radius 3 is 2.70 bits per heavy atom. The molecule has 60 valence electrons. The fraction of sp³-hybridized carbons (Fsp3) is 1.00. The first-order valence-corrected chi connectivity index (χ1v) is 3.33. The minimum absolute atomic E-state index is 0.150. The Kier molecular flexibility index (Phi) is 2.21. The molecule has 1 atom stereocenters. The lowest BCUT2D eigenvalue weighted by Gasteiger charge is -2.28. The van der Waals surface area contributed by atoms with Gasteiger partial charge in [-0.1, -0.05) is 0 Å². The van der Waals surface area contributed by atoms with E-state index in [0.717, 1.165) is 0 Å². The van der Waals surface area contributed by atoms with Crippen molar-refractivity contribution < 1.29 is 13.9 Å². The van der Waals surface area contributed by atoms with Crippen LogP contribution < -0.4 is 5.32 Å². The first kappa shape index (κ1) is 7.88. The van der Waals surface area contributed by atoms with Crippen molar-refractivity contribution in [3.8, 4) is 0 Å². The third kappa shape index (κ3) is 1.88. The summed E-state index contributed by atoms with van der Waals surface area (Å²) in [6.07, 6.45) is -0.184. The maximum atomic E-state index is 12.5. The molecule has 0 spiro atoms. The number of rotatable bonds is 1. The molecule has 1 heterocycles. The van der Waals surface area contributed by atoms with Gasteiger partial charge in [0.05, 0.1) is 6.54 Å². The first-order chi connectivity index (χ1) is 4.64. The number of piperidine rings is 1. The number of hydrogen-bond acceptors (Lipinski definition) is 2. The number of alkyl halides is 2. The molecule has 0 aromatic carbocycles. The molecule has 1 saturated heterocycles. The van der Waals surface area contributed by atoms with Crippen molar-refractivity contribution in [1.29, 1.82) is 0 Å². The van der Waals surface area contributed by atoms with E-state index >= 15 is 0 Å². The molecule has 0 bridgehead atoms. The van der Waals surface area contributed by atoms with Crippen molar-refractivity contribution in [3.63, 3.8) is 0 Å². The number of aliphatic hydroxyl groups is 1. The first-order valence-electron chi connectivity index (χ1n) is 3.33. The lowest BCUT2D eigenvalue weighted by atomic mass is 9.98. The molecule has 0 aliphatic carbocycles. The van der Waals surface area contributed by atoms with E-state index in [2.05, 4.69) is 5.32 Å². The topological polar surface area (TPSA) is 32.3 Å². The molecule has 2 N–H and O–H groups in total. The standard InChI is InChI=1S/C6H11F2NO/c7-6(8)1-5(3-10)2-9-4-6/h5,9-10H,1-4H2/t5-/m0/s1. The van der Waals surface area contributed by atoms with Crippen LogP contribution in [0, 0.1) is 5.92 Å². The van der Waals surface area contributed by atoms with E-state index in [9.17, 15) is 8.78 Å². The predicted octanol–water partition coefficient (Wildman–Crippen LogP) is 0.224. The van der Waals surface area contributed by atoms with E-state index in [4.69, 9.17) is 5.11 Å². The van der Waals surface area contributed by atoms with E-state index < -0.39 is 5.92 Å². The van der Waals surface area contributed by atoms with Crippen LogP contribution in [0.3, 0.4) is 0 Å². The summed E-state index contributed by atoms with van der Waals surface area (Å²) in [5.41, 5.74) is 0. The zero-order valence-corrected chi connectivity index (χ0v) is 5.61. The smallest absolute Gasteiger partial charge is 0.260 e. The summed E-state index contributed by atoms with van der Waals surface area (Å²) in [7, 11) is 0. The highest BCUT2D eigenvalue weighted by atomic mass is 19.3. The normalized spacial score (nSPS) is 32.1. The van der Waals surface area contributed by atoms with Crippen LogP contribution in [-0.2, 0) is 0 Å². The predicted molar refractivity (Wildman–Crippen MR) is 33.0 cm³/mol. The molecule has 1 aliphatic rings. The lowest BCUT2D eigenvalue weighted by molar-refractivity contribution is -0.0473. The molecular weight excluding hydrogens is 140 g/mol. The van der Waals surface area contributed by atoms with Crippen LogP contribution in [0.4, 0.5) is 8.78 Å². The van der Waals surface area contributed by atoms with Crippen LogP contribution in [0.15, 0.2) is 0 Å². The molecule has 1 rings (SSSR count). The van der Waals surface area contributed by atoms with Crippen molar-refractivity contribution >= 4 is 0 Å². The van der Waals surface area contributed by atoms with E-state index in [0.29, 0.717) is 6.54 Å². The summed E-state index contributed by atoms with van der Waals surface area (Å²) in [6, 6.07) is 0. The zero-order valence-electron chi connectivity index (χ0n) is 5.61. The SMILES string of the molecule is OC[C@@H]1CNCC(F)(F)C1. The molecule has 2 nitrogen and oxygen atoms in total. The van der Waals surface area contributed by atoms with Gasteiger partial charge in [0.15, 0.2) is 0 Å². The van der Waals surface area contributed by atoms with Gasteiger partial charge in [-0.15, -0.1) is 0 Å². The Bertz CT molecular complexity index is 118. The third-order valence-corrected chi connectivity index (χ3v) is 1.66. The molecule has 4 heteroatoms. The quantitative estimate of drug-likeness (QED) is 0.562. The van der Waals surface area contributed by atoms with E-state index in [1.807, 2.05) is 0 Å². The fourth-order valence-electron chi connectivity index (χ4n) is 1.15. The van der Waals surface area contributed by atoms with Crippen molar-refractivity contribution in [2.75, 3.05) is 19.7 Å². The van der Waals surface area contributed by atoms with Gasteiger partial charge in [-0.25, -0.2) is 8.78 Å². The van der Waals surface area contributed by atoms with Gasteiger partial charge in [-0.3, -0.25) is 0 Å². The van der Waals surface area contributed by atoms with Crippen molar-refractivity contribution in [2.45, 2.75) is 12.3 Å². The lowest BCUT2D eigenvalue weighted by Crippen LogP contribution is -2.44. The van der Waals surface area contributed by atoms with Gasteiger partial charge < -0.3 is 10.4 Å². The average Bonchev–Trinajstić information content (AvgIpc) is 1.86. The molecule has 10 heavy (non-hydrogen) atoms. The summed E-state index contributed by atoms with van der Waals surface area (Å²) < 4.78 is 24.9. The molecule has 0 aromatic rings. The summed E-state index contributed by atoms with van der Waals surface area (Å²) in [4.78, 5) is 0. The van der Waals surface area contributed by atoms with Crippen LogP contribution in [-0.4, -0.2) is 30.7 Å². The second kappa shape index (κ2) is 2.80. The van der Waals surface area contributed by atoms with Gasteiger partial charge in [0.2, 0.25) is 0 Å². The minimum Gasteiger partial charge on any atom is -0.396 e. The molecule has 0 unspecified atom stereocenters. The van der Waals surface area contributed by atoms with Crippen LogP contribution in [0.1, 0.15) is 6.42 Å². The zero-order chi connectivity index (χ0) is 7.61. The second-order valence-electron chi connectivity index (χ2n) is 2.74. The highest BCUT2D eigenvalue weighted by Crippen LogP contribution is 2.25. The average molecular weight is 151 g/mol. The minimum atomic E-state index is -2.62. The summed E-state index contributed by atoms with van der Waals surface area (Å²) in [5, 5.41) is 11.1. The van der Waals surface area contributed by atoms with Gasteiger partial charge in [-0.05, 0) is 0 Å². The number of halogens is 2. The number of hydrogen-bond donors (Lipinski definition) is 2. The molecule has 0 saturated carbocycles. The van der Waals surface area contributed by atoms with Gasteiger partial charge in [0, 0.05) is 25.5 Å². The van der Waals surface area contributed by atoms with E-state index in [1.54, 1.807) is 0 Å². The summed E-state index contributed by atoms with van der Waals surface area (Å²) in [6.45, 7) is 0.109. The molecule has 0 amide bonds. The maximum absolute atomic E-state index is 12.5. The van der Waals surface area contributed by atoms with Gasteiger partial charge in [0.1, 0.15) is 0 Å². The highest BCUT2D eigenvalue weighted by Gasteiger charge is 2.35. The van der Waals surface area contributed by atoms with E-state index in [-0.39, 0.29) is 25.5 Å². The van der Waals surface area contributed by atoms with Crippen molar-refractivity contribution in [2.24, 2.45) is 5.92 Å². The van der Waals surface area contributed by atoms with Crippen molar-refractivity contribution in [1.82, 2.24) is 5.32 Å². The van der Waals surface area contributed by atoms with Crippen LogP contribution in [0.5, 0.6) is 0 Å². The Labute approximate surface area is 58.2 Å². The second-order valence-corrected chi connectivity index (χ2v) is 2.74. The molecule has 0 aromatic heterocycles. The van der Waals surface area contributed by atoms with Gasteiger partial charge in [-0.2, -0.15) is 0 Å². The molecule has 1 fully saturated rings. The maximum Gasteiger partial charge on any atom is 0.260 e. The number of nitrogens with one attached hydrogen (secondary N) is 1. The Hall–Kier alpha value is -0.220. The largest absolute Gasteiger partial charge is 0.396 e.